The average molecular weight is 353 g/mol. The minimum atomic E-state index is -1.90. The molecule has 0 aliphatic heterocycles. The van der Waals surface area contributed by atoms with Crippen LogP contribution in [0.2, 0.25) is 18.1 Å². The molecule has 0 aromatic rings. The SMILES string of the molecule is C=C(C)[C@H]1CC(O[Si](C)(C)C(C)(C)C)=C(C)[C@H]([C@H](C)C(=O)OC)C1. The summed E-state index contributed by atoms with van der Waals surface area (Å²) in [6, 6.07) is 0. The van der Waals surface area contributed by atoms with Gasteiger partial charge in [-0.2, -0.15) is 0 Å². The Hall–Kier alpha value is -1.03. The van der Waals surface area contributed by atoms with Gasteiger partial charge < -0.3 is 9.16 Å². The van der Waals surface area contributed by atoms with Crippen LogP contribution < -0.4 is 0 Å². The van der Waals surface area contributed by atoms with Crippen LogP contribution in [0.1, 0.15) is 54.4 Å². The van der Waals surface area contributed by atoms with Crippen LogP contribution in [-0.4, -0.2) is 21.4 Å². The van der Waals surface area contributed by atoms with E-state index in [2.05, 4.69) is 54.3 Å². The van der Waals surface area contributed by atoms with Crippen molar-refractivity contribution in [1.82, 2.24) is 0 Å². The first kappa shape index (κ1) is 21.0. The molecule has 4 heteroatoms. The summed E-state index contributed by atoms with van der Waals surface area (Å²) >= 11 is 0. The van der Waals surface area contributed by atoms with E-state index < -0.39 is 8.32 Å². The molecule has 1 aliphatic rings. The van der Waals surface area contributed by atoms with Gasteiger partial charge >= 0.3 is 5.97 Å². The molecule has 0 N–H and O–H groups in total. The predicted octanol–water partition coefficient (Wildman–Crippen LogP) is 5.69. The van der Waals surface area contributed by atoms with Crippen molar-refractivity contribution < 1.29 is 14.0 Å². The van der Waals surface area contributed by atoms with Crippen LogP contribution >= 0.6 is 0 Å². The molecule has 0 unspecified atom stereocenters. The van der Waals surface area contributed by atoms with Gasteiger partial charge in [0.05, 0.1) is 18.8 Å². The highest BCUT2D eigenvalue weighted by Crippen LogP contribution is 2.45. The molecule has 1 rings (SSSR count). The van der Waals surface area contributed by atoms with Crippen molar-refractivity contribution in [2.24, 2.45) is 17.8 Å². The van der Waals surface area contributed by atoms with E-state index in [-0.39, 0.29) is 22.8 Å². The number of carbonyl (C=O) groups is 1. The molecule has 138 valence electrons. The first-order valence-corrected chi connectivity index (χ1v) is 11.8. The lowest BCUT2D eigenvalue weighted by atomic mass is 9.73. The number of methoxy groups -OCH3 is 1. The van der Waals surface area contributed by atoms with Gasteiger partial charge in [0.25, 0.3) is 0 Å². The Kier molecular flexibility index (Phi) is 6.54. The second-order valence-electron chi connectivity index (χ2n) is 8.87. The molecule has 0 amide bonds. The second-order valence-corrected chi connectivity index (χ2v) is 13.6. The maximum atomic E-state index is 12.1. The number of allylic oxidation sites excluding steroid dienone is 3. The van der Waals surface area contributed by atoms with Crippen molar-refractivity contribution in [2.45, 2.75) is 72.5 Å². The third kappa shape index (κ3) is 4.53. The van der Waals surface area contributed by atoms with Gasteiger partial charge in [0.1, 0.15) is 0 Å². The first-order chi connectivity index (χ1) is 10.8. The fraction of sp³-hybridized carbons (Fsp3) is 0.750. The third-order valence-electron chi connectivity index (χ3n) is 6.02. The van der Waals surface area contributed by atoms with Crippen LogP contribution in [0.5, 0.6) is 0 Å². The standard InChI is InChI=1S/C20H36O3Si/c1-13(2)16-11-17(15(4)19(21)22-8)14(3)18(12-16)23-24(9,10)20(5,6)7/h15-17H,1,11-12H2,2-10H3/t15-,16+,17+/m0/s1. The van der Waals surface area contributed by atoms with Crippen molar-refractivity contribution in [1.29, 1.82) is 0 Å². The smallest absolute Gasteiger partial charge is 0.308 e. The molecule has 3 atom stereocenters. The van der Waals surface area contributed by atoms with E-state index in [1.807, 2.05) is 6.92 Å². The van der Waals surface area contributed by atoms with Crippen LogP contribution in [0.15, 0.2) is 23.5 Å². The first-order valence-electron chi connectivity index (χ1n) is 8.93. The monoisotopic (exact) mass is 352 g/mol. The second kappa shape index (κ2) is 7.47. The maximum Gasteiger partial charge on any atom is 0.308 e. The summed E-state index contributed by atoms with van der Waals surface area (Å²) < 4.78 is 11.6. The highest BCUT2D eigenvalue weighted by Gasteiger charge is 2.42. The molecule has 1 aliphatic carbocycles. The molecular formula is C20H36O3Si. The Bertz CT molecular complexity index is 525. The van der Waals surface area contributed by atoms with E-state index >= 15 is 0 Å². The van der Waals surface area contributed by atoms with Crippen LogP contribution in [0.4, 0.5) is 0 Å². The van der Waals surface area contributed by atoms with Gasteiger partial charge in [-0.25, -0.2) is 0 Å². The molecule has 0 aromatic carbocycles. The van der Waals surface area contributed by atoms with Gasteiger partial charge in [0.2, 0.25) is 8.32 Å². The van der Waals surface area contributed by atoms with Crippen molar-refractivity contribution >= 4 is 14.3 Å². The van der Waals surface area contributed by atoms with E-state index in [1.165, 1.54) is 18.3 Å². The Morgan fingerprint density at radius 2 is 1.88 bits per heavy atom. The van der Waals surface area contributed by atoms with Crippen LogP contribution in [0, 0.1) is 17.8 Å². The predicted molar refractivity (Wildman–Crippen MR) is 103 cm³/mol. The fourth-order valence-electron chi connectivity index (χ4n) is 3.05. The quantitative estimate of drug-likeness (QED) is 0.362. The van der Waals surface area contributed by atoms with E-state index in [9.17, 15) is 4.79 Å². The van der Waals surface area contributed by atoms with E-state index in [0.29, 0.717) is 5.92 Å². The summed E-state index contributed by atoms with van der Waals surface area (Å²) in [6.07, 6.45) is 1.85. The molecule has 0 saturated carbocycles. The van der Waals surface area contributed by atoms with E-state index in [4.69, 9.17) is 9.16 Å². The van der Waals surface area contributed by atoms with Crippen LogP contribution in [-0.2, 0) is 14.0 Å². The number of ether oxygens (including phenoxy) is 1. The number of rotatable bonds is 5. The van der Waals surface area contributed by atoms with Crippen molar-refractivity contribution in [3.63, 3.8) is 0 Å². The Labute approximate surface area is 149 Å². The number of esters is 1. The summed E-state index contributed by atoms with van der Waals surface area (Å²) in [6.45, 7) is 21.6. The normalized spacial score (nSPS) is 23.7. The summed E-state index contributed by atoms with van der Waals surface area (Å²) in [5.41, 5.74) is 2.39. The molecule has 0 fully saturated rings. The lowest BCUT2D eigenvalue weighted by Crippen LogP contribution is -2.42. The largest absolute Gasteiger partial charge is 0.547 e. The average Bonchev–Trinajstić information content (AvgIpc) is 2.46. The molecule has 0 radical (unpaired) electrons. The Morgan fingerprint density at radius 1 is 1.33 bits per heavy atom. The number of carbonyl (C=O) groups excluding carboxylic acids is 1. The van der Waals surface area contributed by atoms with Gasteiger partial charge in [-0.05, 0) is 55.8 Å². The lowest BCUT2D eigenvalue weighted by Gasteiger charge is -2.42. The van der Waals surface area contributed by atoms with Crippen LogP contribution in [0.3, 0.4) is 0 Å². The molecule has 0 aromatic heterocycles. The van der Waals surface area contributed by atoms with Gasteiger partial charge in [0, 0.05) is 6.42 Å². The van der Waals surface area contributed by atoms with Crippen molar-refractivity contribution in [3.05, 3.63) is 23.5 Å². The minimum Gasteiger partial charge on any atom is -0.547 e. The van der Waals surface area contributed by atoms with Gasteiger partial charge in [0.15, 0.2) is 0 Å². The molecular weight excluding hydrogens is 316 g/mol. The van der Waals surface area contributed by atoms with E-state index in [0.717, 1.165) is 18.6 Å². The Balaban J connectivity index is 3.22. The molecule has 24 heavy (non-hydrogen) atoms. The zero-order valence-electron chi connectivity index (χ0n) is 17.1. The number of hydrogen-bond donors (Lipinski definition) is 0. The molecule has 0 bridgehead atoms. The third-order valence-corrected chi connectivity index (χ3v) is 10.4. The maximum absolute atomic E-state index is 12.1. The van der Waals surface area contributed by atoms with Gasteiger partial charge in [-0.1, -0.05) is 39.8 Å². The van der Waals surface area contributed by atoms with E-state index in [1.54, 1.807) is 0 Å². The minimum absolute atomic E-state index is 0.145. The lowest BCUT2D eigenvalue weighted by molar-refractivity contribution is -0.146. The molecule has 0 saturated heterocycles. The fourth-order valence-corrected chi connectivity index (χ4v) is 4.21. The summed E-state index contributed by atoms with van der Waals surface area (Å²) in [7, 11) is -0.440. The van der Waals surface area contributed by atoms with Crippen molar-refractivity contribution in [3.8, 4) is 0 Å². The molecule has 3 nitrogen and oxygen atoms in total. The summed E-state index contributed by atoms with van der Waals surface area (Å²) in [5.74, 6) is 1.31. The number of hydrogen-bond acceptors (Lipinski definition) is 3. The molecule has 0 heterocycles. The zero-order valence-corrected chi connectivity index (χ0v) is 18.1. The van der Waals surface area contributed by atoms with Gasteiger partial charge in [-0.15, -0.1) is 0 Å². The Morgan fingerprint density at radius 3 is 2.29 bits per heavy atom. The molecule has 0 spiro atoms. The highest BCUT2D eigenvalue weighted by molar-refractivity contribution is 6.74. The van der Waals surface area contributed by atoms with Crippen LogP contribution in [0.25, 0.3) is 0 Å². The summed E-state index contributed by atoms with van der Waals surface area (Å²) in [4.78, 5) is 12.1. The zero-order chi connectivity index (χ0) is 18.9. The highest BCUT2D eigenvalue weighted by atomic mass is 28.4. The van der Waals surface area contributed by atoms with Gasteiger partial charge in [-0.3, -0.25) is 4.79 Å². The topological polar surface area (TPSA) is 35.5 Å². The van der Waals surface area contributed by atoms with Crippen molar-refractivity contribution in [2.75, 3.05) is 7.11 Å². The summed E-state index contributed by atoms with van der Waals surface area (Å²) in [5, 5.41) is 0.153.